The van der Waals surface area contributed by atoms with Gasteiger partial charge in [-0.1, -0.05) is 29.8 Å². The van der Waals surface area contributed by atoms with Crippen molar-refractivity contribution in [1.29, 1.82) is 0 Å². The molecule has 4 heterocycles. The van der Waals surface area contributed by atoms with Crippen molar-refractivity contribution in [3.8, 4) is 0 Å². The number of halogens is 2. The van der Waals surface area contributed by atoms with E-state index in [2.05, 4.69) is 4.90 Å². The number of likely N-dealkylation sites (tertiary alicyclic amines) is 2. The standard InChI is InChI=1S/C23H19ClFN3O2S/c24-20-18-6-5-14(25)7-19(18)31-21(20)23(30)27-9-15(10-27)26-11-16(12-26)28-8-13-3-1-2-4-17(13)22(28)29/h1-7,15-16H,8-12H2. The lowest BCUT2D eigenvalue weighted by Crippen LogP contribution is -2.70. The van der Waals surface area contributed by atoms with Crippen LogP contribution in [0, 0.1) is 5.82 Å². The Hall–Kier alpha value is -2.48. The van der Waals surface area contributed by atoms with E-state index in [9.17, 15) is 14.0 Å². The first-order valence-electron chi connectivity index (χ1n) is 10.3. The van der Waals surface area contributed by atoms with Crippen LogP contribution in [0.2, 0.25) is 5.02 Å². The zero-order chi connectivity index (χ0) is 21.3. The molecule has 0 N–H and O–H groups in total. The molecule has 8 heteroatoms. The summed E-state index contributed by atoms with van der Waals surface area (Å²) in [6.07, 6.45) is 0. The number of hydrogen-bond donors (Lipinski definition) is 0. The molecule has 0 radical (unpaired) electrons. The average molecular weight is 456 g/mol. The molecule has 0 aliphatic carbocycles. The minimum Gasteiger partial charge on any atom is -0.335 e. The summed E-state index contributed by atoms with van der Waals surface area (Å²) in [5.74, 6) is -0.299. The van der Waals surface area contributed by atoms with Crippen LogP contribution in [0.3, 0.4) is 0 Å². The minimum absolute atomic E-state index is 0.0925. The molecule has 0 saturated carbocycles. The quantitative estimate of drug-likeness (QED) is 0.602. The highest BCUT2D eigenvalue weighted by Gasteiger charge is 2.45. The predicted octanol–water partition coefficient (Wildman–Crippen LogP) is 3.86. The van der Waals surface area contributed by atoms with Crippen LogP contribution in [-0.2, 0) is 6.54 Å². The molecule has 2 fully saturated rings. The van der Waals surface area contributed by atoms with Crippen LogP contribution in [0.15, 0.2) is 42.5 Å². The van der Waals surface area contributed by atoms with Gasteiger partial charge in [0, 0.05) is 54.4 Å². The summed E-state index contributed by atoms with van der Waals surface area (Å²) in [4.78, 5) is 32.1. The molecule has 3 aliphatic rings. The Bertz CT molecular complexity index is 1230. The average Bonchev–Trinajstić information content (AvgIpc) is 3.19. The van der Waals surface area contributed by atoms with Crippen molar-refractivity contribution in [2.75, 3.05) is 26.2 Å². The maximum absolute atomic E-state index is 13.5. The fourth-order valence-electron chi connectivity index (χ4n) is 4.73. The lowest BCUT2D eigenvalue weighted by Gasteiger charge is -2.53. The second kappa shape index (κ2) is 7.02. The topological polar surface area (TPSA) is 43.9 Å². The highest BCUT2D eigenvalue weighted by atomic mass is 35.5. The molecule has 1 aromatic heterocycles. The Balaban J connectivity index is 1.06. The van der Waals surface area contributed by atoms with Gasteiger partial charge in [0.05, 0.1) is 11.1 Å². The number of fused-ring (bicyclic) bond motifs is 2. The third kappa shape index (κ3) is 2.98. The van der Waals surface area contributed by atoms with Crippen molar-refractivity contribution in [3.63, 3.8) is 0 Å². The molecular weight excluding hydrogens is 437 g/mol. The molecule has 0 bridgehead atoms. The Labute approximate surface area is 187 Å². The number of amides is 2. The molecule has 2 saturated heterocycles. The number of carbonyl (C=O) groups excluding carboxylic acids is 2. The van der Waals surface area contributed by atoms with Gasteiger partial charge < -0.3 is 9.80 Å². The predicted molar refractivity (Wildman–Crippen MR) is 118 cm³/mol. The van der Waals surface area contributed by atoms with Gasteiger partial charge in [0.25, 0.3) is 11.8 Å². The van der Waals surface area contributed by atoms with E-state index < -0.39 is 0 Å². The molecule has 0 spiro atoms. The number of benzene rings is 2. The van der Waals surface area contributed by atoms with Gasteiger partial charge in [-0.05, 0) is 29.8 Å². The molecule has 2 amide bonds. The van der Waals surface area contributed by atoms with Gasteiger partial charge in [-0.3, -0.25) is 14.5 Å². The van der Waals surface area contributed by atoms with Crippen molar-refractivity contribution in [2.45, 2.75) is 18.6 Å². The monoisotopic (exact) mass is 455 g/mol. The zero-order valence-electron chi connectivity index (χ0n) is 16.6. The number of nitrogens with zero attached hydrogens (tertiary/aromatic N) is 3. The smallest absolute Gasteiger partial charge is 0.265 e. The van der Waals surface area contributed by atoms with Crippen LogP contribution in [0.1, 0.15) is 25.6 Å². The molecule has 0 atom stereocenters. The molecule has 0 unspecified atom stereocenters. The summed E-state index contributed by atoms with van der Waals surface area (Å²) in [6, 6.07) is 12.7. The summed E-state index contributed by atoms with van der Waals surface area (Å²) in [5, 5.41) is 1.12. The van der Waals surface area contributed by atoms with E-state index in [0.29, 0.717) is 40.3 Å². The van der Waals surface area contributed by atoms with Gasteiger partial charge in [0.15, 0.2) is 0 Å². The minimum atomic E-state index is -0.333. The third-order valence-corrected chi connectivity index (χ3v) is 8.28. The van der Waals surface area contributed by atoms with E-state index in [0.717, 1.165) is 29.6 Å². The fourth-order valence-corrected chi connectivity index (χ4v) is 6.23. The van der Waals surface area contributed by atoms with Gasteiger partial charge in [-0.15, -0.1) is 11.3 Å². The third-order valence-electron chi connectivity index (χ3n) is 6.63. The van der Waals surface area contributed by atoms with E-state index in [4.69, 9.17) is 11.6 Å². The number of carbonyl (C=O) groups is 2. The number of hydrogen-bond acceptors (Lipinski definition) is 4. The van der Waals surface area contributed by atoms with Crippen LogP contribution in [0.5, 0.6) is 0 Å². The van der Waals surface area contributed by atoms with Crippen LogP contribution in [-0.4, -0.2) is 64.8 Å². The van der Waals surface area contributed by atoms with Gasteiger partial charge in [-0.25, -0.2) is 4.39 Å². The maximum Gasteiger partial charge on any atom is 0.265 e. The van der Waals surface area contributed by atoms with Gasteiger partial charge in [0.1, 0.15) is 10.7 Å². The lowest BCUT2D eigenvalue weighted by atomic mass is 9.98. The highest BCUT2D eigenvalue weighted by molar-refractivity contribution is 7.21. The van der Waals surface area contributed by atoms with E-state index in [1.54, 1.807) is 11.0 Å². The zero-order valence-corrected chi connectivity index (χ0v) is 18.1. The highest BCUT2D eigenvalue weighted by Crippen LogP contribution is 2.38. The van der Waals surface area contributed by atoms with Crippen LogP contribution in [0.25, 0.3) is 10.1 Å². The van der Waals surface area contributed by atoms with E-state index in [1.807, 2.05) is 29.2 Å². The summed E-state index contributed by atoms with van der Waals surface area (Å²) in [6.45, 7) is 3.68. The molecule has 6 rings (SSSR count). The second-order valence-corrected chi connectivity index (χ2v) is 9.88. The SMILES string of the molecule is O=C(c1sc2cc(F)ccc2c1Cl)N1CC(N2CC(N3Cc4ccccc4C3=O)C2)C1. The first-order valence-corrected chi connectivity index (χ1v) is 11.5. The molecule has 5 nitrogen and oxygen atoms in total. The second-order valence-electron chi connectivity index (χ2n) is 8.45. The van der Waals surface area contributed by atoms with Gasteiger partial charge >= 0.3 is 0 Å². The number of rotatable bonds is 3. The summed E-state index contributed by atoms with van der Waals surface area (Å²) < 4.78 is 14.2. The van der Waals surface area contributed by atoms with E-state index in [1.165, 1.54) is 23.5 Å². The molecule has 3 aromatic rings. The van der Waals surface area contributed by atoms with Crippen molar-refractivity contribution in [2.24, 2.45) is 0 Å². The van der Waals surface area contributed by atoms with E-state index in [-0.39, 0.29) is 23.7 Å². The number of thiophene rings is 1. The van der Waals surface area contributed by atoms with Crippen LogP contribution < -0.4 is 0 Å². The molecule has 158 valence electrons. The van der Waals surface area contributed by atoms with Crippen molar-refractivity contribution in [3.05, 3.63) is 69.3 Å². The van der Waals surface area contributed by atoms with Crippen LogP contribution in [0.4, 0.5) is 4.39 Å². The molecule has 2 aromatic carbocycles. The first-order chi connectivity index (χ1) is 15.0. The maximum atomic E-state index is 13.5. The fraction of sp³-hybridized carbons (Fsp3) is 0.304. The molecule has 3 aliphatic heterocycles. The van der Waals surface area contributed by atoms with E-state index >= 15 is 0 Å². The summed E-state index contributed by atoms with van der Waals surface area (Å²) >= 11 is 7.65. The summed E-state index contributed by atoms with van der Waals surface area (Å²) in [7, 11) is 0. The summed E-state index contributed by atoms with van der Waals surface area (Å²) in [5.41, 5.74) is 1.92. The Kier molecular flexibility index (Phi) is 4.35. The largest absolute Gasteiger partial charge is 0.335 e. The molecular formula is C23H19ClFN3O2S. The first kappa shape index (κ1) is 19.2. The van der Waals surface area contributed by atoms with Gasteiger partial charge in [0.2, 0.25) is 0 Å². The van der Waals surface area contributed by atoms with Crippen molar-refractivity contribution < 1.29 is 14.0 Å². The van der Waals surface area contributed by atoms with Crippen LogP contribution >= 0.6 is 22.9 Å². The molecule has 31 heavy (non-hydrogen) atoms. The lowest BCUT2D eigenvalue weighted by molar-refractivity contribution is -0.0363. The Morgan fingerprint density at radius 3 is 2.61 bits per heavy atom. The van der Waals surface area contributed by atoms with Crippen molar-refractivity contribution in [1.82, 2.24) is 14.7 Å². The Morgan fingerprint density at radius 1 is 1.06 bits per heavy atom. The van der Waals surface area contributed by atoms with Crippen molar-refractivity contribution >= 4 is 44.8 Å². The normalized spacial score (nSPS) is 19.6. The van der Waals surface area contributed by atoms with Gasteiger partial charge in [-0.2, -0.15) is 0 Å². The Morgan fingerprint density at radius 2 is 1.84 bits per heavy atom.